The van der Waals surface area contributed by atoms with E-state index in [1.807, 2.05) is 71.4 Å². The van der Waals surface area contributed by atoms with Gasteiger partial charge in [-0.25, -0.2) is 4.57 Å². The Morgan fingerprint density at radius 3 is 2.35 bits per heavy atom. The minimum atomic E-state index is 0. The average Bonchev–Trinajstić information content (AvgIpc) is 3.40. The normalized spacial score (nSPS) is 10.6. The number of nitrogens with zero attached hydrogens (tertiary/aromatic N) is 5. The summed E-state index contributed by atoms with van der Waals surface area (Å²) in [6.45, 7) is 0. The van der Waals surface area contributed by atoms with Crippen molar-refractivity contribution in [1.29, 1.82) is 0 Å². The molecule has 0 aliphatic carbocycles. The third-order valence-electron chi connectivity index (χ3n) is 6.10. The third-order valence-corrected chi connectivity index (χ3v) is 6.10. The van der Waals surface area contributed by atoms with Gasteiger partial charge in [0.05, 0.1) is 0 Å². The molecule has 6 heteroatoms. The van der Waals surface area contributed by atoms with Gasteiger partial charge in [0.1, 0.15) is 12.4 Å². The van der Waals surface area contributed by atoms with Crippen molar-refractivity contribution in [1.82, 2.24) is 24.1 Å². The predicted octanol–water partition coefficient (Wildman–Crippen LogP) is 6.69. The number of fused-ring (bicyclic) bond motifs is 6. The minimum absolute atomic E-state index is 0. The number of rotatable bonds is 2. The molecule has 1 radical (unpaired) electrons. The molecule has 0 N–H and O–H groups in total. The summed E-state index contributed by atoms with van der Waals surface area (Å²) >= 11 is 0. The Hall–Kier alpha value is -4.25. The van der Waals surface area contributed by atoms with Gasteiger partial charge in [0.15, 0.2) is 6.33 Å². The van der Waals surface area contributed by atoms with Crippen LogP contribution >= 0.6 is 0 Å². The summed E-state index contributed by atoms with van der Waals surface area (Å²) < 4.78 is 3.94. The molecular weight excluding hydrogens is 635 g/mol. The van der Waals surface area contributed by atoms with Crippen molar-refractivity contribution in [2.45, 2.75) is 0 Å². The zero-order valence-corrected chi connectivity index (χ0v) is 22.4. The average molecular weight is 657 g/mol. The van der Waals surface area contributed by atoms with Crippen LogP contribution in [0.4, 0.5) is 0 Å². The summed E-state index contributed by atoms with van der Waals surface area (Å²) in [6.07, 6.45) is 14.2. The molecule has 4 aromatic heterocycles. The Morgan fingerprint density at radius 1 is 0.757 bits per heavy atom. The first-order valence-electron chi connectivity index (χ1n) is 11.7. The monoisotopic (exact) mass is 657 g/mol. The first-order valence-corrected chi connectivity index (χ1v) is 11.7. The molecule has 3 aromatic carbocycles. The maximum Gasteiger partial charge on any atom is 0.163 e. The number of hydrogen-bond acceptors (Lipinski definition) is 3. The molecule has 7 rings (SSSR count). The Balaban J connectivity index is 0.000000183. The van der Waals surface area contributed by atoms with Crippen molar-refractivity contribution < 1.29 is 20.1 Å². The molecule has 0 aliphatic heterocycles. The third kappa shape index (κ3) is 4.77. The maximum absolute atomic E-state index is 4.67. The van der Waals surface area contributed by atoms with Crippen molar-refractivity contribution in [3.8, 4) is 16.8 Å². The van der Waals surface area contributed by atoms with Crippen LogP contribution in [0.1, 0.15) is 0 Å². The Kier molecular flexibility index (Phi) is 7.13. The molecule has 0 saturated carbocycles. The predicted molar refractivity (Wildman–Crippen MR) is 145 cm³/mol. The van der Waals surface area contributed by atoms with Gasteiger partial charge < -0.3 is 15.0 Å². The van der Waals surface area contributed by atoms with Crippen LogP contribution in [0.25, 0.3) is 49.4 Å². The van der Waals surface area contributed by atoms with E-state index in [1.165, 1.54) is 16.5 Å². The van der Waals surface area contributed by atoms with E-state index in [2.05, 4.69) is 75.7 Å². The second-order valence-corrected chi connectivity index (χ2v) is 8.43. The summed E-state index contributed by atoms with van der Waals surface area (Å²) in [5.41, 5.74) is 5.25. The molecule has 4 heterocycles. The number of hydrogen-bond donors (Lipinski definition) is 0. The number of imidazole rings is 1. The van der Waals surface area contributed by atoms with E-state index in [0.29, 0.717) is 0 Å². The smallest absolute Gasteiger partial charge is 0.163 e. The zero-order valence-electron chi connectivity index (χ0n) is 20.0. The number of aryl methyl sites for hydroxylation is 1. The van der Waals surface area contributed by atoms with E-state index in [0.717, 1.165) is 32.9 Å². The maximum atomic E-state index is 4.67. The van der Waals surface area contributed by atoms with Crippen molar-refractivity contribution in [3.63, 3.8) is 0 Å². The quantitative estimate of drug-likeness (QED) is 0.154. The SMILES string of the molecule is Cn1ccn(-c2[c-]nccc2)[cH+]1.[Ir].[c-]1ccnc2c1c1ncccc1c1cccc(-c3ccccc3)c12. The van der Waals surface area contributed by atoms with E-state index in [-0.39, 0.29) is 20.1 Å². The van der Waals surface area contributed by atoms with Crippen molar-refractivity contribution in [3.05, 3.63) is 128 Å². The first kappa shape index (κ1) is 24.4. The van der Waals surface area contributed by atoms with Gasteiger partial charge in [-0.1, -0.05) is 72.4 Å². The molecule has 0 saturated heterocycles. The number of benzene rings is 3. The molecule has 0 fully saturated rings. The fraction of sp³-hybridized carbons (Fsp3) is 0.0323. The van der Waals surface area contributed by atoms with Crippen LogP contribution in [0.5, 0.6) is 0 Å². The first-order chi connectivity index (χ1) is 17.8. The van der Waals surface area contributed by atoms with Crippen LogP contribution in [-0.2, 0) is 27.2 Å². The van der Waals surface area contributed by atoms with Gasteiger partial charge >= 0.3 is 0 Å². The summed E-state index contributed by atoms with van der Waals surface area (Å²) in [7, 11) is 1.98. The molecule has 0 aliphatic rings. The van der Waals surface area contributed by atoms with Gasteiger partial charge in [-0.2, -0.15) is 0 Å². The molecule has 0 atom stereocenters. The molecule has 5 nitrogen and oxygen atoms in total. The fourth-order valence-electron chi connectivity index (χ4n) is 4.50. The van der Waals surface area contributed by atoms with Gasteiger partial charge in [-0.05, 0) is 50.6 Å². The summed E-state index contributed by atoms with van der Waals surface area (Å²) in [6, 6.07) is 30.0. The van der Waals surface area contributed by atoms with E-state index >= 15 is 0 Å². The van der Waals surface area contributed by atoms with E-state index in [4.69, 9.17) is 0 Å². The summed E-state index contributed by atoms with van der Waals surface area (Å²) in [5.74, 6) is 0. The van der Waals surface area contributed by atoms with Crippen LogP contribution in [0.2, 0.25) is 0 Å². The van der Waals surface area contributed by atoms with Crippen LogP contribution in [-0.4, -0.2) is 24.1 Å². The van der Waals surface area contributed by atoms with Crippen LogP contribution in [0.3, 0.4) is 0 Å². The van der Waals surface area contributed by atoms with E-state index in [9.17, 15) is 0 Å². The van der Waals surface area contributed by atoms with E-state index < -0.39 is 0 Å². The van der Waals surface area contributed by atoms with Crippen molar-refractivity contribution in [2.24, 2.45) is 7.05 Å². The topological polar surface area (TPSA) is 48.5 Å². The number of pyridine rings is 3. The Bertz CT molecular complexity index is 1750. The van der Waals surface area contributed by atoms with Crippen LogP contribution in [0, 0.1) is 12.3 Å². The zero-order chi connectivity index (χ0) is 24.3. The second kappa shape index (κ2) is 10.8. The molecule has 0 unspecified atom stereocenters. The summed E-state index contributed by atoms with van der Waals surface area (Å²) in [5, 5.41) is 4.46. The van der Waals surface area contributed by atoms with Gasteiger partial charge in [0.25, 0.3) is 0 Å². The van der Waals surface area contributed by atoms with Gasteiger partial charge in [-0.3, -0.25) is 4.57 Å². The van der Waals surface area contributed by atoms with Gasteiger partial charge in [0, 0.05) is 39.0 Å². The van der Waals surface area contributed by atoms with Gasteiger partial charge in [0.2, 0.25) is 0 Å². The molecule has 0 spiro atoms. The van der Waals surface area contributed by atoms with Crippen molar-refractivity contribution >= 4 is 32.6 Å². The second-order valence-electron chi connectivity index (χ2n) is 8.43. The van der Waals surface area contributed by atoms with Crippen LogP contribution < -0.4 is 0 Å². The van der Waals surface area contributed by atoms with Gasteiger partial charge in [-0.15, -0.1) is 24.3 Å². The Labute approximate surface area is 228 Å². The molecule has 0 bridgehead atoms. The molecule has 37 heavy (non-hydrogen) atoms. The fourth-order valence-corrected chi connectivity index (χ4v) is 4.50. The standard InChI is InChI=1S/C22H13N2.C9H9N3.Ir/c1-2-7-15(8-3-1)16-9-4-10-17-18-11-5-13-23-21(18)19-12-6-14-24-22(19)20(16)17;1-11-5-6-12(8-11)9-3-2-4-10-7-9;/h1-11,13-14H;2-6,8H,1H3;/q-1;;. The Morgan fingerprint density at radius 2 is 1.57 bits per heavy atom. The van der Waals surface area contributed by atoms with Crippen LogP contribution in [0.15, 0.2) is 116 Å². The summed E-state index contributed by atoms with van der Waals surface area (Å²) in [4.78, 5) is 13.2. The van der Waals surface area contributed by atoms with Crippen molar-refractivity contribution in [2.75, 3.05) is 0 Å². The minimum Gasteiger partial charge on any atom is -0.381 e. The number of aromatic nitrogens is 5. The molecule has 181 valence electrons. The largest absolute Gasteiger partial charge is 0.381 e. The molecule has 0 amide bonds. The molecule has 7 aromatic rings. The van der Waals surface area contributed by atoms with E-state index in [1.54, 1.807) is 12.4 Å². The molecular formula is C31H22IrN5-.